The monoisotopic (exact) mass is 267 g/mol. The van der Waals surface area contributed by atoms with Gasteiger partial charge in [-0.25, -0.2) is 0 Å². The third-order valence-electron chi connectivity index (χ3n) is 3.67. The summed E-state index contributed by atoms with van der Waals surface area (Å²) in [7, 11) is 0. The van der Waals surface area contributed by atoms with Crippen LogP contribution in [0, 0.1) is 11.3 Å². The Hall–Kier alpha value is -0.630. The lowest BCUT2D eigenvalue weighted by Gasteiger charge is -2.38. The molecular weight excluding hydrogens is 238 g/mol. The van der Waals surface area contributed by atoms with E-state index in [0.29, 0.717) is 0 Å². The molecule has 1 aliphatic rings. The number of hydrogen-bond acceptors (Lipinski definition) is 4. The van der Waals surface area contributed by atoms with Crippen LogP contribution in [0.3, 0.4) is 0 Å². The first kappa shape index (κ1) is 16.4. The zero-order valence-corrected chi connectivity index (χ0v) is 13.0. The second-order valence-electron chi connectivity index (χ2n) is 6.36. The predicted molar refractivity (Wildman–Crippen MR) is 78.0 cm³/mol. The van der Waals surface area contributed by atoms with Crippen molar-refractivity contribution in [3.63, 3.8) is 0 Å². The first-order valence-corrected chi connectivity index (χ1v) is 7.43. The van der Waals surface area contributed by atoms with Crippen LogP contribution in [0.5, 0.6) is 0 Å². The van der Waals surface area contributed by atoms with E-state index in [1.807, 2.05) is 6.92 Å². The van der Waals surface area contributed by atoms with E-state index in [4.69, 9.17) is 4.74 Å². The van der Waals surface area contributed by atoms with Crippen LogP contribution in [0.25, 0.3) is 0 Å². The fourth-order valence-electron chi connectivity index (χ4n) is 2.55. The van der Waals surface area contributed by atoms with E-state index in [9.17, 15) is 5.26 Å². The number of nitrogens with one attached hydrogen (secondary N) is 1. The number of nitriles is 1. The van der Waals surface area contributed by atoms with Crippen LogP contribution in [0.1, 0.15) is 47.0 Å². The van der Waals surface area contributed by atoms with Crippen LogP contribution in [0.2, 0.25) is 0 Å². The van der Waals surface area contributed by atoms with Crippen LogP contribution in [-0.2, 0) is 4.74 Å². The third kappa shape index (κ3) is 5.90. The normalized spacial score (nSPS) is 22.7. The molecule has 1 rings (SSSR count). The number of morpholine rings is 1. The summed E-state index contributed by atoms with van der Waals surface area (Å²) >= 11 is 0. The van der Waals surface area contributed by atoms with Gasteiger partial charge in [0.25, 0.3) is 0 Å². The molecule has 1 fully saturated rings. The average molecular weight is 267 g/mol. The fourth-order valence-corrected chi connectivity index (χ4v) is 2.55. The summed E-state index contributed by atoms with van der Waals surface area (Å²) in [6, 6.07) is 2.41. The Morgan fingerprint density at radius 3 is 2.79 bits per heavy atom. The van der Waals surface area contributed by atoms with Gasteiger partial charge in [0.05, 0.1) is 18.3 Å². The molecule has 4 nitrogen and oxygen atoms in total. The van der Waals surface area contributed by atoms with Crippen LogP contribution in [-0.4, -0.2) is 48.8 Å². The summed E-state index contributed by atoms with van der Waals surface area (Å²) < 4.78 is 5.71. The molecule has 0 aromatic carbocycles. The molecule has 1 heterocycles. The Morgan fingerprint density at radius 2 is 2.21 bits per heavy atom. The molecule has 4 heteroatoms. The van der Waals surface area contributed by atoms with E-state index in [2.05, 4.69) is 37.1 Å². The summed E-state index contributed by atoms with van der Waals surface area (Å²) in [5, 5.41) is 12.6. The zero-order valence-electron chi connectivity index (χ0n) is 13.0. The standard InChI is InChI=1S/C15H29N3O/c1-5-8-17-15(4,12-16)7-6-9-18-10-11-19-14(2,3)13-18/h17H,5-11,13H2,1-4H3. The van der Waals surface area contributed by atoms with Crippen molar-refractivity contribution in [3.05, 3.63) is 0 Å². The lowest BCUT2D eigenvalue weighted by atomic mass is 9.97. The Bertz CT molecular complexity index is 311. The van der Waals surface area contributed by atoms with Gasteiger partial charge in [-0.15, -0.1) is 0 Å². The molecule has 0 aromatic heterocycles. The highest BCUT2D eigenvalue weighted by Crippen LogP contribution is 2.18. The van der Waals surface area contributed by atoms with Gasteiger partial charge in [0.15, 0.2) is 0 Å². The Balaban J connectivity index is 2.30. The predicted octanol–water partition coefficient (Wildman–Crippen LogP) is 2.16. The first-order chi connectivity index (χ1) is 8.91. The molecule has 1 atom stereocenters. The Labute approximate surface area is 118 Å². The molecule has 0 amide bonds. The molecule has 0 aliphatic carbocycles. The zero-order chi connectivity index (χ0) is 14.4. The van der Waals surface area contributed by atoms with Crippen molar-refractivity contribution in [2.75, 3.05) is 32.8 Å². The van der Waals surface area contributed by atoms with Gasteiger partial charge in [-0.05, 0) is 53.1 Å². The van der Waals surface area contributed by atoms with Gasteiger partial charge in [0, 0.05) is 13.1 Å². The van der Waals surface area contributed by atoms with Crippen LogP contribution in [0.4, 0.5) is 0 Å². The molecule has 0 bridgehead atoms. The number of rotatable bonds is 7. The summed E-state index contributed by atoms with van der Waals surface area (Å²) in [6.45, 7) is 13.2. The highest BCUT2D eigenvalue weighted by molar-refractivity contribution is 5.03. The van der Waals surface area contributed by atoms with Crippen LogP contribution < -0.4 is 5.32 Å². The van der Waals surface area contributed by atoms with Crippen molar-refractivity contribution in [3.8, 4) is 6.07 Å². The van der Waals surface area contributed by atoms with E-state index in [0.717, 1.165) is 52.0 Å². The lowest BCUT2D eigenvalue weighted by Crippen LogP contribution is -2.49. The minimum atomic E-state index is -0.377. The van der Waals surface area contributed by atoms with Crippen molar-refractivity contribution in [2.45, 2.75) is 58.1 Å². The highest BCUT2D eigenvalue weighted by atomic mass is 16.5. The van der Waals surface area contributed by atoms with Crippen LogP contribution >= 0.6 is 0 Å². The molecule has 0 saturated carbocycles. The summed E-state index contributed by atoms with van der Waals surface area (Å²) in [6.07, 6.45) is 3.02. The van der Waals surface area contributed by atoms with Gasteiger partial charge >= 0.3 is 0 Å². The van der Waals surface area contributed by atoms with E-state index < -0.39 is 0 Å². The van der Waals surface area contributed by atoms with E-state index in [1.165, 1.54) is 0 Å². The SMILES string of the molecule is CCCNC(C)(C#N)CCCN1CCOC(C)(C)C1. The topological polar surface area (TPSA) is 48.3 Å². The van der Waals surface area contributed by atoms with Crippen molar-refractivity contribution in [1.29, 1.82) is 5.26 Å². The molecule has 110 valence electrons. The van der Waals surface area contributed by atoms with Gasteiger partial charge in [-0.2, -0.15) is 5.26 Å². The molecular formula is C15H29N3O. The molecule has 0 aromatic rings. The van der Waals surface area contributed by atoms with Gasteiger partial charge in [0.1, 0.15) is 5.54 Å². The van der Waals surface area contributed by atoms with Crippen molar-refractivity contribution in [1.82, 2.24) is 10.2 Å². The number of hydrogen-bond donors (Lipinski definition) is 1. The number of nitrogens with zero attached hydrogens (tertiary/aromatic N) is 2. The summed E-state index contributed by atoms with van der Waals surface area (Å²) in [4.78, 5) is 2.45. The average Bonchev–Trinajstić information content (AvgIpc) is 2.35. The van der Waals surface area contributed by atoms with Crippen LogP contribution in [0.15, 0.2) is 0 Å². The Kier molecular flexibility index (Phi) is 6.25. The van der Waals surface area contributed by atoms with Gasteiger partial charge in [-0.1, -0.05) is 6.92 Å². The quantitative estimate of drug-likeness (QED) is 0.768. The van der Waals surface area contributed by atoms with Crippen molar-refractivity contribution < 1.29 is 4.74 Å². The highest BCUT2D eigenvalue weighted by Gasteiger charge is 2.28. The fraction of sp³-hybridized carbons (Fsp3) is 0.933. The van der Waals surface area contributed by atoms with Crippen molar-refractivity contribution >= 4 is 0 Å². The van der Waals surface area contributed by atoms with Crippen molar-refractivity contribution in [2.24, 2.45) is 0 Å². The molecule has 1 saturated heterocycles. The van der Waals surface area contributed by atoms with Gasteiger partial charge in [-0.3, -0.25) is 10.2 Å². The minimum absolute atomic E-state index is 0.0305. The maximum Gasteiger partial charge on any atom is 0.103 e. The maximum absolute atomic E-state index is 9.29. The molecule has 1 unspecified atom stereocenters. The summed E-state index contributed by atoms with van der Waals surface area (Å²) in [5.41, 5.74) is -0.408. The third-order valence-corrected chi connectivity index (χ3v) is 3.67. The number of ether oxygens (including phenoxy) is 1. The van der Waals surface area contributed by atoms with Gasteiger partial charge < -0.3 is 4.74 Å². The molecule has 0 spiro atoms. The lowest BCUT2D eigenvalue weighted by molar-refractivity contribution is -0.0862. The summed E-state index contributed by atoms with van der Waals surface area (Å²) in [5.74, 6) is 0. The molecule has 19 heavy (non-hydrogen) atoms. The molecule has 1 N–H and O–H groups in total. The second-order valence-corrected chi connectivity index (χ2v) is 6.36. The largest absolute Gasteiger partial charge is 0.373 e. The minimum Gasteiger partial charge on any atom is -0.373 e. The van der Waals surface area contributed by atoms with E-state index >= 15 is 0 Å². The smallest absolute Gasteiger partial charge is 0.103 e. The first-order valence-electron chi connectivity index (χ1n) is 7.43. The maximum atomic E-state index is 9.29. The van der Waals surface area contributed by atoms with E-state index in [-0.39, 0.29) is 11.1 Å². The molecule has 1 aliphatic heterocycles. The molecule has 0 radical (unpaired) electrons. The van der Waals surface area contributed by atoms with E-state index in [1.54, 1.807) is 0 Å². The second kappa shape index (κ2) is 7.23. The Morgan fingerprint density at radius 1 is 1.47 bits per heavy atom. The van der Waals surface area contributed by atoms with Gasteiger partial charge in [0.2, 0.25) is 0 Å².